The Kier molecular flexibility index (Phi) is 11.5. The lowest BCUT2D eigenvalue weighted by Gasteiger charge is -2.22. The van der Waals surface area contributed by atoms with Crippen LogP contribution in [0.25, 0.3) is 0 Å². The first-order valence-electron chi connectivity index (χ1n) is 12.5. The van der Waals surface area contributed by atoms with E-state index in [0.29, 0.717) is 25.7 Å². The van der Waals surface area contributed by atoms with Crippen molar-refractivity contribution in [2.45, 2.75) is 82.8 Å². The highest BCUT2D eigenvalue weighted by molar-refractivity contribution is 7.89. The van der Waals surface area contributed by atoms with Crippen LogP contribution in [0.3, 0.4) is 0 Å². The lowest BCUT2D eigenvalue weighted by atomic mass is 9.95. The Balaban J connectivity index is 1.77. The van der Waals surface area contributed by atoms with Gasteiger partial charge < -0.3 is 10.0 Å². The molecule has 0 radical (unpaired) electrons. The van der Waals surface area contributed by atoms with Gasteiger partial charge in [0, 0.05) is 19.4 Å². The predicted molar refractivity (Wildman–Crippen MR) is 135 cm³/mol. The number of hydrogen-bond donors (Lipinski definition) is 2. The van der Waals surface area contributed by atoms with Crippen LogP contribution in [0.4, 0.5) is 8.78 Å². The summed E-state index contributed by atoms with van der Waals surface area (Å²) in [7, 11) is -3.58. The molecule has 1 aromatic rings. The second-order valence-electron chi connectivity index (χ2n) is 9.67. The monoisotopic (exact) mass is 528 g/mol. The van der Waals surface area contributed by atoms with Gasteiger partial charge in [-0.2, -0.15) is 8.78 Å². The van der Waals surface area contributed by atoms with Crippen LogP contribution in [0.5, 0.6) is 0 Å². The summed E-state index contributed by atoms with van der Waals surface area (Å²) in [5, 5.41) is 10.5. The fraction of sp³-hybridized carbons (Fsp3) is 0.615. The molecule has 10 heteroatoms. The zero-order valence-corrected chi connectivity index (χ0v) is 21.9. The lowest BCUT2D eigenvalue weighted by Crippen LogP contribution is -2.36. The number of aryl methyl sites for hydroxylation is 1. The van der Waals surface area contributed by atoms with Gasteiger partial charge in [0.2, 0.25) is 15.9 Å². The molecule has 1 fully saturated rings. The number of alkyl halides is 2. The molecule has 36 heavy (non-hydrogen) atoms. The van der Waals surface area contributed by atoms with Gasteiger partial charge in [0.1, 0.15) is 0 Å². The van der Waals surface area contributed by atoms with Crippen LogP contribution >= 0.6 is 0 Å². The van der Waals surface area contributed by atoms with Gasteiger partial charge in [0.25, 0.3) is 5.91 Å². The number of sulfonamides is 1. The maximum absolute atomic E-state index is 14.1. The van der Waals surface area contributed by atoms with E-state index in [9.17, 15) is 31.9 Å². The third kappa shape index (κ3) is 10.3. The molecule has 1 aliphatic heterocycles. The molecule has 0 unspecified atom stereocenters. The molecule has 1 saturated heterocycles. The zero-order chi connectivity index (χ0) is 26.8. The van der Waals surface area contributed by atoms with Crippen molar-refractivity contribution >= 4 is 21.8 Å². The van der Waals surface area contributed by atoms with Crippen molar-refractivity contribution in [2.24, 2.45) is 5.92 Å². The number of aliphatic hydroxyl groups is 1. The third-order valence-corrected chi connectivity index (χ3v) is 6.97. The number of unbranched alkanes of at least 4 members (excludes halogenated alkanes) is 3. The summed E-state index contributed by atoms with van der Waals surface area (Å²) in [6.45, 7) is 2.07. The largest absolute Gasteiger partial charge is 0.389 e. The van der Waals surface area contributed by atoms with Crippen LogP contribution in [0, 0.1) is 5.92 Å². The molecule has 0 spiro atoms. The summed E-state index contributed by atoms with van der Waals surface area (Å²) >= 11 is 0. The van der Waals surface area contributed by atoms with E-state index in [0.717, 1.165) is 25.5 Å². The zero-order valence-electron chi connectivity index (χ0n) is 21.0. The van der Waals surface area contributed by atoms with Gasteiger partial charge in [-0.1, -0.05) is 62.2 Å². The topological polar surface area (TPSA) is 104 Å². The molecule has 2 amide bonds. The standard InChI is InChI=1S/C26H38F2N2O5S/c1-20(11-10-14-21-12-6-5-7-13-21)23(31)17-16-22-19-26(27,28)25(33)30(22)18-9-4-3-8-15-24(32)29-36(2,34)35/h5-7,12-13,16-17,20,22-23,31H,3-4,8-11,14-15,18-19H2,1-2H3,(H,29,32)/t20-,22-,23-/m0/s1. The van der Waals surface area contributed by atoms with Gasteiger partial charge in [-0.05, 0) is 43.6 Å². The summed E-state index contributed by atoms with van der Waals surface area (Å²) in [5.74, 6) is -5.25. The molecule has 3 atom stereocenters. The number of hydrogen-bond acceptors (Lipinski definition) is 5. The molecule has 0 bridgehead atoms. The van der Waals surface area contributed by atoms with Gasteiger partial charge in [0.15, 0.2) is 0 Å². The molecular formula is C26H38F2N2O5S. The fourth-order valence-corrected chi connectivity index (χ4v) is 4.83. The molecule has 0 aliphatic carbocycles. The Bertz CT molecular complexity index is 985. The molecule has 7 nitrogen and oxygen atoms in total. The van der Waals surface area contributed by atoms with E-state index < -0.39 is 46.3 Å². The minimum absolute atomic E-state index is 0.0454. The van der Waals surface area contributed by atoms with Crippen molar-refractivity contribution in [3.05, 3.63) is 48.0 Å². The molecule has 0 saturated carbocycles. The van der Waals surface area contributed by atoms with Gasteiger partial charge in [0.05, 0.1) is 18.4 Å². The van der Waals surface area contributed by atoms with E-state index in [-0.39, 0.29) is 18.9 Å². The van der Waals surface area contributed by atoms with E-state index >= 15 is 0 Å². The Labute approximate surface area is 213 Å². The van der Waals surface area contributed by atoms with Crippen molar-refractivity contribution in [1.82, 2.24) is 9.62 Å². The Hall–Kier alpha value is -2.33. The lowest BCUT2D eigenvalue weighted by molar-refractivity contribution is -0.148. The average molecular weight is 529 g/mol. The minimum Gasteiger partial charge on any atom is -0.389 e. The quantitative estimate of drug-likeness (QED) is 0.266. The highest BCUT2D eigenvalue weighted by Crippen LogP contribution is 2.34. The maximum atomic E-state index is 14.1. The molecule has 0 aromatic heterocycles. The first-order valence-corrected chi connectivity index (χ1v) is 14.4. The van der Waals surface area contributed by atoms with Crippen LogP contribution < -0.4 is 4.72 Å². The van der Waals surface area contributed by atoms with E-state index in [1.165, 1.54) is 22.6 Å². The van der Waals surface area contributed by atoms with Crippen LogP contribution in [0.15, 0.2) is 42.5 Å². The molecule has 2 rings (SSSR count). The second kappa shape index (κ2) is 13.8. The number of aliphatic hydroxyl groups excluding tert-OH is 1. The SMILES string of the molecule is C[C@@H](CCCc1ccccc1)[C@@H](O)C=C[C@H]1CC(F)(F)C(=O)N1CCCCCCC(=O)NS(C)(=O)=O. The van der Waals surface area contributed by atoms with E-state index in [2.05, 4.69) is 12.1 Å². The summed E-state index contributed by atoms with van der Waals surface area (Å²) in [6.07, 6.45) is 7.37. The Morgan fingerprint density at radius 2 is 1.86 bits per heavy atom. The minimum atomic E-state index is -3.58. The maximum Gasteiger partial charge on any atom is 0.327 e. The smallest absolute Gasteiger partial charge is 0.327 e. The Morgan fingerprint density at radius 3 is 2.53 bits per heavy atom. The van der Waals surface area contributed by atoms with Gasteiger partial charge >= 0.3 is 5.92 Å². The number of benzene rings is 1. The van der Waals surface area contributed by atoms with Crippen molar-refractivity contribution in [1.29, 1.82) is 0 Å². The molecule has 1 aromatic carbocycles. The number of carbonyl (C=O) groups is 2. The van der Waals surface area contributed by atoms with Crippen molar-refractivity contribution in [3.63, 3.8) is 0 Å². The highest BCUT2D eigenvalue weighted by Gasteiger charge is 2.52. The number of nitrogens with zero attached hydrogens (tertiary/aromatic N) is 1. The van der Waals surface area contributed by atoms with E-state index in [1.807, 2.05) is 29.8 Å². The third-order valence-electron chi connectivity index (χ3n) is 6.37. The first-order chi connectivity index (χ1) is 16.9. The summed E-state index contributed by atoms with van der Waals surface area (Å²) in [6, 6.07) is 9.28. The fourth-order valence-electron chi connectivity index (χ4n) is 4.31. The van der Waals surface area contributed by atoms with Gasteiger partial charge in [-0.25, -0.2) is 8.42 Å². The van der Waals surface area contributed by atoms with E-state index in [4.69, 9.17) is 0 Å². The first kappa shape index (κ1) is 29.9. The number of amides is 2. The van der Waals surface area contributed by atoms with Gasteiger partial charge in [-0.3, -0.25) is 14.3 Å². The van der Waals surface area contributed by atoms with Crippen molar-refractivity contribution < 1.29 is 31.9 Å². The van der Waals surface area contributed by atoms with Crippen LogP contribution in [-0.4, -0.2) is 61.1 Å². The van der Waals surface area contributed by atoms with Crippen LogP contribution in [0.1, 0.15) is 63.9 Å². The highest BCUT2D eigenvalue weighted by atomic mass is 32.2. The summed E-state index contributed by atoms with van der Waals surface area (Å²) < 4.78 is 52.2. The number of carbonyl (C=O) groups excluding carboxylic acids is 2. The normalized spacial score (nSPS) is 19.5. The molecule has 2 N–H and O–H groups in total. The van der Waals surface area contributed by atoms with Crippen LogP contribution in [-0.2, 0) is 26.0 Å². The number of nitrogens with one attached hydrogen (secondary N) is 1. The molecular weight excluding hydrogens is 490 g/mol. The summed E-state index contributed by atoms with van der Waals surface area (Å²) in [4.78, 5) is 24.9. The van der Waals surface area contributed by atoms with Gasteiger partial charge in [-0.15, -0.1) is 0 Å². The Morgan fingerprint density at radius 1 is 1.19 bits per heavy atom. The number of rotatable bonds is 15. The van der Waals surface area contributed by atoms with Crippen molar-refractivity contribution in [3.8, 4) is 0 Å². The van der Waals surface area contributed by atoms with E-state index in [1.54, 1.807) is 0 Å². The van der Waals surface area contributed by atoms with Crippen LogP contribution in [0.2, 0.25) is 0 Å². The number of halogens is 2. The average Bonchev–Trinajstić information content (AvgIpc) is 3.01. The molecule has 1 heterocycles. The molecule has 202 valence electrons. The predicted octanol–water partition coefficient (Wildman–Crippen LogP) is 3.83. The van der Waals surface area contributed by atoms with Crippen molar-refractivity contribution in [2.75, 3.05) is 12.8 Å². The second-order valence-corrected chi connectivity index (χ2v) is 11.4. The number of likely N-dealkylation sites (tertiary alicyclic amines) is 1. The summed E-state index contributed by atoms with van der Waals surface area (Å²) in [5.41, 5.74) is 1.23. The molecule has 1 aliphatic rings.